The van der Waals surface area contributed by atoms with E-state index in [0.29, 0.717) is 18.0 Å². The summed E-state index contributed by atoms with van der Waals surface area (Å²) in [6, 6.07) is 16.3. The van der Waals surface area contributed by atoms with Crippen LogP contribution in [0.15, 0.2) is 54.6 Å². The minimum absolute atomic E-state index is 0.0452. The number of carbonyl (C=O) groups excluding carboxylic acids is 1. The van der Waals surface area contributed by atoms with Crippen molar-refractivity contribution in [3.63, 3.8) is 0 Å². The van der Waals surface area contributed by atoms with Gasteiger partial charge in [-0.2, -0.15) is 0 Å². The van der Waals surface area contributed by atoms with Gasteiger partial charge in [0, 0.05) is 6.54 Å². The standard InChI is InChI=1S/C17H18N2O4S/c1-24(21,22)19-12-16(23-15-10-6-5-9-14(15)19)17(20)18-11-13-7-3-2-4-8-13/h2-10,16H,11-12H2,1H3,(H,18,20). The Kier molecular flexibility index (Phi) is 4.44. The van der Waals surface area contributed by atoms with Gasteiger partial charge in [0.1, 0.15) is 5.75 Å². The second-order valence-corrected chi connectivity index (χ2v) is 7.48. The highest BCUT2D eigenvalue weighted by Gasteiger charge is 2.34. The van der Waals surface area contributed by atoms with E-state index in [1.165, 1.54) is 4.31 Å². The van der Waals surface area contributed by atoms with Gasteiger partial charge >= 0.3 is 0 Å². The number of hydrogen-bond acceptors (Lipinski definition) is 4. The summed E-state index contributed by atoms with van der Waals surface area (Å²) in [4.78, 5) is 12.4. The lowest BCUT2D eigenvalue weighted by Crippen LogP contribution is -2.50. The number of hydrogen-bond donors (Lipinski definition) is 1. The summed E-state index contributed by atoms with van der Waals surface area (Å²) in [6.07, 6.45) is 0.229. The van der Waals surface area contributed by atoms with Crippen molar-refractivity contribution in [1.29, 1.82) is 0 Å². The van der Waals surface area contributed by atoms with Crippen LogP contribution in [0.25, 0.3) is 0 Å². The van der Waals surface area contributed by atoms with Crippen LogP contribution in [0.5, 0.6) is 5.75 Å². The van der Waals surface area contributed by atoms with Gasteiger partial charge in [-0.05, 0) is 17.7 Å². The van der Waals surface area contributed by atoms with Gasteiger partial charge in [-0.1, -0.05) is 42.5 Å². The van der Waals surface area contributed by atoms with Crippen LogP contribution in [0.2, 0.25) is 0 Å². The van der Waals surface area contributed by atoms with Crippen LogP contribution in [-0.2, 0) is 21.4 Å². The summed E-state index contributed by atoms with van der Waals surface area (Å²) in [5.41, 5.74) is 1.41. The first-order chi connectivity index (χ1) is 11.4. The van der Waals surface area contributed by atoms with Crippen LogP contribution in [0.3, 0.4) is 0 Å². The van der Waals surface area contributed by atoms with E-state index in [4.69, 9.17) is 4.74 Å². The van der Waals surface area contributed by atoms with E-state index in [0.717, 1.165) is 11.8 Å². The number of fused-ring (bicyclic) bond motifs is 1. The van der Waals surface area contributed by atoms with E-state index in [-0.39, 0.29) is 12.5 Å². The molecule has 0 radical (unpaired) electrons. The van der Waals surface area contributed by atoms with Crippen molar-refractivity contribution in [1.82, 2.24) is 5.32 Å². The first kappa shape index (κ1) is 16.3. The molecule has 1 atom stereocenters. The summed E-state index contributed by atoms with van der Waals surface area (Å²) in [6.45, 7) is 0.316. The second kappa shape index (κ2) is 6.52. The van der Waals surface area contributed by atoms with Crippen LogP contribution >= 0.6 is 0 Å². The fraction of sp³-hybridized carbons (Fsp3) is 0.235. The van der Waals surface area contributed by atoms with Crippen LogP contribution in [0, 0.1) is 0 Å². The largest absolute Gasteiger partial charge is 0.476 e. The molecule has 1 aliphatic heterocycles. The fourth-order valence-corrected chi connectivity index (χ4v) is 3.47. The number of rotatable bonds is 4. The lowest BCUT2D eigenvalue weighted by Gasteiger charge is -2.33. The van der Waals surface area contributed by atoms with Gasteiger partial charge in [0.25, 0.3) is 5.91 Å². The molecule has 0 bridgehead atoms. The first-order valence-electron chi connectivity index (χ1n) is 7.50. The minimum Gasteiger partial charge on any atom is -0.476 e. The fourth-order valence-electron chi connectivity index (χ4n) is 2.55. The predicted octanol–water partition coefficient (Wildman–Crippen LogP) is 1.53. The molecule has 2 aromatic carbocycles. The lowest BCUT2D eigenvalue weighted by atomic mass is 10.2. The van der Waals surface area contributed by atoms with Crippen molar-refractivity contribution in [3.8, 4) is 5.75 Å². The summed E-state index contributed by atoms with van der Waals surface area (Å²) in [7, 11) is -3.50. The van der Waals surface area contributed by atoms with Gasteiger partial charge in [-0.25, -0.2) is 8.42 Å². The number of sulfonamides is 1. The Morgan fingerprint density at radius 1 is 1.17 bits per heavy atom. The highest BCUT2D eigenvalue weighted by molar-refractivity contribution is 7.92. The van der Waals surface area contributed by atoms with Crippen molar-refractivity contribution in [2.24, 2.45) is 0 Å². The molecule has 126 valence electrons. The summed E-state index contributed by atoms with van der Waals surface area (Å²) in [5.74, 6) is 0.0380. The second-order valence-electron chi connectivity index (χ2n) is 5.57. The number of amides is 1. The molecule has 7 heteroatoms. The van der Waals surface area contributed by atoms with E-state index in [1.807, 2.05) is 30.3 Å². The predicted molar refractivity (Wildman–Crippen MR) is 91.3 cm³/mol. The summed E-state index contributed by atoms with van der Waals surface area (Å²) in [5, 5.41) is 2.79. The maximum Gasteiger partial charge on any atom is 0.263 e. The van der Waals surface area contributed by atoms with Gasteiger partial charge in [-0.3, -0.25) is 9.10 Å². The minimum atomic E-state index is -3.50. The van der Waals surface area contributed by atoms with Crippen LogP contribution in [0.4, 0.5) is 5.69 Å². The zero-order valence-electron chi connectivity index (χ0n) is 13.2. The maximum atomic E-state index is 12.4. The van der Waals surface area contributed by atoms with Crippen LogP contribution < -0.4 is 14.4 Å². The quantitative estimate of drug-likeness (QED) is 0.911. The van der Waals surface area contributed by atoms with Gasteiger partial charge in [0.05, 0.1) is 18.5 Å². The SMILES string of the molecule is CS(=O)(=O)N1CC(C(=O)NCc2ccccc2)Oc2ccccc21. The average Bonchev–Trinajstić information content (AvgIpc) is 2.58. The van der Waals surface area contributed by atoms with E-state index in [9.17, 15) is 13.2 Å². The summed E-state index contributed by atoms with van der Waals surface area (Å²) < 4.78 is 31.0. The highest BCUT2D eigenvalue weighted by atomic mass is 32.2. The van der Waals surface area contributed by atoms with Crippen molar-refractivity contribution in [3.05, 3.63) is 60.2 Å². The van der Waals surface area contributed by atoms with Crippen molar-refractivity contribution >= 4 is 21.6 Å². The Labute approximate surface area is 141 Å². The topological polar surface area (TPSA) is 75.7 Å². The number of nitrogens with one attached hydrogen (secondary N) is 1. The molecular weight excluding hydrogens is 328 g/mol. The van der Waals surface area contributed by atoms with Crippen LogP contribution in [0.1, 0.15) is 5.56 Å². The molecule has 0 fully saturated rings. The van der Waals surface area contributed by atoms with E-state index < -0.39 is 16.1 Å². The Morgan fingerprint density at radius 2 is 1.83 bits per heavy atom. The molecule has 0 saturated heterocycles. The molecular formula is C17H18N2O4S. The normalized spacial score (nSPS) is 16.9. The molecule has 1 heterocycles. The molecule has 24 heavy (non-hydrogen) atoms. The number of anilines is 1. The van der Waals surface area contributed by atoms with Gasteiger partial charge in [0.2, 0.25) is 10.0 Å². The Hall–Kier alpha value is -2.54. The van der Waals surface area contributed by atoms with E-state index >= 15 is 0 Å². The molecule has 0 saturated carbocycles. The Balaban J connectivity index is 1.76. The zero-order valence-corrected chi connectivity index (χ0v) is 14.0. The molecule has 0 spiro atoms. The van der Waals surface area contributed by atoms with E-state index in [1.54, 1.807) is 24.3 Å². The zero-order chi connectivity index (χ0) is 17.2. The Bertz CT molecular complexity index is 837. The molecule has 1 N–H and O–H groups in total. The third kappa shape index (κ3) is 3.51. The smallest absolute Gasteiger partial charge is 0.263 e. The lowest BCUT2D eigenvalue weighted by molar-refractivity contribution is -0.127. The Morgan fingerprint density at radius 3 is 2.54 bits per heavy atom. The highest BCUT2D eigenvalue weighted by Crippen LogP contribution is 2.34. The number of nitrogens with zero attached hydrogens (tertiary/aromatic N) is 1. The van der Waals surface area contributed by atoms with Crippen molar-refractivity contribution < 1.29 is 17.9 Å². The summed E-state index contributed by atoms with van der Waals surface area (Å²) >= 11 is 0. The van der Waals surface area contributed by atoms with Gasteiger partial charge in [-0.15, -0.1) is 0 Å². The van der Waals surface area contributed by atoms with Crippen molar-refractivity contribution in [2.45, 2.75) is 12.6 Å². The molecule has 3 rings (SSSR count). The third-order valence-corrected chi connectivity index (χ3v) is 4.88. The number of carbonyl (C=O) groups is 1. The molecule has 6 nitrogen and oxygen atoms in total. The van der Waals surface area contributed by atoms with Crippen molar-refractivity contribution in [2.75, 3.05) is 17.1 Å². The molecule has 1 amide bonds. The average molecular weight is 346 g/mol. The van der Waals surface area contributed by atoms with Crippen LogP contribution in [-0.4, -0.2) is 33.2 Å². The first-order valence-corrected chi connectivity index (χ1v) is 9.35. The van der Waals surface area contributed by atoms with E-state index in [2.05, 4.69) is 5.32 Å². The number of ether oxygens (including phenoxy) is 1. The molecule has 1 unspecified atom stereocenters. The third-order valence-electron chi connectivity index (χ3n) is 3.74. The maximum absolute atomic E-state index is 12.4. The number of benzene rings is 2. The molecule has 0 aromatic heterocycles. The monoisotopic (exact) mass is 346 g/mol. The van der Waals surface area contributed by atoms with Gasteiger partial charge in [0.15, 0.2) is 6.10 Å². The molecule has 1 aliphatic rings. The number of para-hydroxylation sites is 2. The van der Waals surface area contributed by atoms with Gasteiger partial charge < -0.3 is 10.1 Å². The molecule has 2 aromatic rings. The molecule has 0 aliphatic carbocycles.